The fourth-order valence-corrected chi connectivity index (χ4v) is 5.60. The molecule has 1 aliphatic heterocycles. The van der Waals surface area contributed by atoms with Crippen molar-refractivity contribution in [3.63, 3.8) is 0 Å². The standard InChI is InChI=1S/C21H13ClN4O4S2/c1-11-9-13(25-32(29,30)18-4-2-3-16-19(18)24-31-23-16)6-8-17(11)26-20(27)14-7-5-12(22)10-15(14)21(26)28/h2-10,25H,1H3. The molecule has 11 heteroatoms. The largest absolute Gasteiger partial charge is 0.280 e. The first-order valence-electron chi connectivity index (χ1n) is 9.29. The Balaban J connectivity index is 1.47. The van der Waals surface area contributed by atoms with Crippen LogP contribution in [-0.2, 0) is 10.0 Å². The smallest absolute Gasteiger partial charge is 0.266 e. The van der Waals surface area contributed by atoms with Crippen molar-refractivity contribution < 1.29 is 18.0 Å². The van der Waals surface area contributed by atoms with Gasteiger partial charge in [-0.1, -0.05) is 17.7 Å². The molecular formula is C21H13ClN4O4S2. The van der Waals surface area contributed by atoms with E-state index in [1.54, 1.807) is 31.2 Å². The molecule has 0 bridgehead atoms. The molecule has 1 aliphatic rings. The fourth-order valence-electron chi connectivity index (χ4n) is 3.61. The molecule has 0 atom stereocenters. The SMILES string of the molecule is Cc1cc(NS(=O)(=O)c2cccc3nsnc23)ccc1N1C(=O)c2ccc(Cl)cc2C1=O. The molecule has 8 nitrogen and oxygen atoms in total. The van der Waals surface area contributed by atoms with Crippen LogP contribution < -0.4 is 9.62 Å². The summed E-state index contributed by atoms with van der Waals surface area (Å²) >= 11 is 6.90. The number of aromatic nitrogens is 2. The average molecular weight is 485 g/mol. The summed E-state index contributed by atoms with van der Waals surface area (Å²) in [7, 11) is -3.94. The molecule has 32 heavy (non-hydrogen) atoms. The minimum atomic E-state index is -3.94. The van der Waals surface area contributed by atoms with Crippen LogP contribution in [0.1, 0.15) is 26.3 Å². The minimum Gasteiger partial charge on any atom is -0.280 e. The van der Waals surface area contributed by atoms with Crippen LogP contribution in [0.15, 0.2) is 59.5 Å². The maximum atomic E-state index is 12.9. The molecule has 2 heterocycles. The number of nitrogens with zero attached hydrogens (tertiary/aromatic N) is 3. The van der Waals surface area contributed by atoms with E-state index in [-0.39, 0.29) is 21.7 Å². The summed E-state index contributed by atoms with van der Waals surface area (Å²) in [6, 6.07) is 13.9. The quantitative estimate of drug-likeness (QED) is 0.433. The van der Waals surface area contributed by atoms with Crippen LogP contribution in [0.3, 0.4) is 0 Å². The highest BCUT2D eigenvalue weighted by Crippen LogP contribution is 2.33. The van der Waals surface area contributed by atoms with Gasteiger partial charge >= 0.3 is 0 Å². The zero-order valence-electron chi connectivity index (χ0n) is 16.4. The number of carbonyl (C=O) groups is 2. The number of imide groups is 1. The predicted octanol–water partition coefficient (Wildman–Crippen LogP) is 4.25. The molecule has 0 fully saturated rings. The second kappa shape index (κ2) is 7.37. The van der Waals surface area contributed by atoms with Crippen LogP contribution in [0.2, 0.25) is 5.02 Å². The number of hydrogen-bond donors (Lipinski definition) is 1. The lowest BCUT2D eigenvalue weighted by Crippen LogP contribution is -2.30. The molecule has 3 aromatic carbocycles. The third-order valence-corrected chi connectivity index (χ3v) is 7.27. The van der Waals surface area contributed by atoms with Crippen LogP contribution >= 0.6 is 23.3 Å². The van der Waals surface area contributed by atoms with Crippen LogP contribution in [-0.4, -0.2) is 29.0 Å². The van der Waals surface area contributed by atoms with Crippen molar-refractivity contribution in [3.8, 4) is 0 Å². The summed E-state index contributed by atoms with van der Waals surface area (Å²) in [5.74, 6) is -0.938. The number of carbonyl (C=O) groups excluding carboxylic acids is 2. The summed E-state index contributed by atoms with van der Waals surface area (Å²) in [4.78, 5) is 26.7. The highest BCUT2D eigenvalue weighted by molar-refractivity contribution is 7.93. The van der Waals surface area contributed by atoms with Crippen molar-refractivity contribution in [1.29, 1.82) is 0 Å². The number of benzene rings is 3. The Morgan fingerprint density at radius 2 is 1.75 bits per heavy atom. The molecular weight excluding hydrogens is 472 g/mol. The second-order valence-corrected chi connectivity index (χ2v) is 9.75. The van der Waals surface area contributed by atoms with Gasteiger partial charge in [0.2, 0.25) is 0 Å². The van der Waals surface area contributed by atoms with Gasteiger partial charge in [-0.15, -0.1) is 0 Å². The lowest BCUT2D eigenvalue weighted by molar-refractivity contribution is 0.0926. The Morgan fingerprint density at radius 3 is 2.53 bits per heavy atom. The molecule has 0 saturated heterocycles. The van der Waals surface area contributed by atoms with Crippen molar-refractivity contribution in [2.75, 3.05) is 9.62 Å². The fraction of sp³-hybridized carbons (Fsp3) is 0.0476. The monoisotopic (exact) mass is 484 g/mol. The molecule has 0 radical (unpaired) electrons. The van der Waals surface area contributed by atoms with Crippen LogP contribution in [0, 0.1) is 6.92 Å². The van der Waals surface area contributed by atoms with Crippen molar-refractivity contribution in [2.45, 2.75) is 11.8 Å². The number of hydrogen-bond acceptors (Lipinski definition) is 7. The second-order valence-electron chi connectivity index (χ2n) is 7.13. The van der Waals surface area contributed by atoms with Crippen molar-refractivity contribution in [1.82, 2.24) is 8.75 Å². The number of amides is 2. The van der Waals surface area contributed by atoms with Gasteiger partial charge in [-0.05, 0) is 61.0 Å². The number of rotatable bonds is 4. The zero-order valence-corrected chi connectivity index (χ0v) is 18.8. The van der Waals surface area contributed by atoms with Gasteiger partial charge in [-0.2, -0.15) is 8.75 Å². The maximum Gasteiger partial charge on any atom is 0.266 e. The van der Waals surface area contributed by atoms with E-state index in [2.05, 4.69) is 13.5 Å². The van der Waals surface area contributed by atoms with Crippen molar-refractivity contribution >= 4 is 67.6 Å². The van der Waals surface area contributed by atoms with Crippen molar-refractivity contribution in [2.24, 2.45) is 0 Å². The summed E-state index contributed by atoms with van der Waals surface area (Å²) in [6.07, 6.45) is 0. The first kappa shape index (κ1) is 20.6. The first-order chi connectivity index (χ1) is 15.3. The Morgan fingerprint density at radius 1 is 0.969 bits per heavy atom. The predicted molar refractivity (Wildman–Crippen MR) is 122 cm³/mol. The van der Waals surface area contributed by atoms with Gasteiger partial charge in [0.15, 0.2) is 0 Å². The number of anilines is 2. The van der Waals surface area contributed by atoms with Crippen LogP contribution in [0.25, 0.3) is 11.0 Å². The molecule has 1 aromatic heterocycles. The van der Waals surface area contributed by atoms with Crippen LogP contribution in [0.5, 0.6) is 0 Å². The number of aryl methyl sites for hydroxylation is 1. The Labute approximate surface area is 191 Å². The Hall–Kier alpha value is -3.34. The molecule has 2 amide bonds. The zero-order chi connectivity index (χ0) is 22.6. The lowest BCUT2D eigenvalue weighted by atomic mass is 10.1. The van der Waals surface area contributed by atoms with E-state index in [0.717, 1.165) is 16.6 Å². The van der Waals surface area contributed by atoms with E-state index in [1.165, 1.54) is 30.3 Å². The average Bonchev–Trinajstić information content (AvgIpc) is 3.31. The highest BCUT2D eigenvalue weighted by Gasteiger charge is 2.37. The molecule has 1 N–H and O–H groups in total. The van der Waals surface area contributed by atoms with Crippen LogP contribution in [0.4, 0.5) is 11.4 Å². The number of halogens is 1. The molecule has 4 aromatic rings. The summed E-state index contributed by atoms with van der Waals surface area (Å²) < 4.78 is 36.6. The van der Waals surface area contributed by atoms with E-state index in [9.17, 15) is 18.0 Å². The molecule has 5 rings (SSSR count). The van der Waals surface area contributed by atoms with Gasteiger partial charge < -0.3 is 0 Å². The Kier molecular flexibility index (Phi) is 4.73. The minimum absolute atomic E-state index is 0.0164. The van der Waals surface area contributed by atoms with E-state index in [4.69, 9.17) is 11.6 Å². The van der Waals surface area contributed by atoms with Gasteiger partial charge in [0.05, 0.1) is 28.5 Å². The third kappa shape index (κ3) is 3.24. The molecule has 0 aliphatic carbocycles. The van der Waals surface area contributed by atoms with E-state index in [1.807, 2.05) is 0 Å². The summed E-state index contributed by atoms with van der Waals surface area (Å²) in [5.41, 5.74) is 2.48. The molecule has 0 unspecified atom stereocenters. The summed E-state index contributed by atoms with van der Waals surface area (Å²) in [5, 5.41) is 0.360. The molecule has 0 spiro atoms. The molecule has 0 saturated carbocycles. The van der Waals surface area contributed by atoms with Crippen molar-refractivity contribution in [3.05, 3.63) is 76.3 Å². The maximum absolute atomic E-state index is 12.9. The van der Waals surface area contributed by atoms with Gasteiger partial charge in [0.25, 0.3) is 21.8 Å². The normalized spacial score (nSPS) is 13.6. The highest BCUT2D eigenvalue weighted by atomic mass is 35.5. The topological polar surface area (TPSA) is 109 Å². The summed E-state index contributed by atoms with van der Waals surface area (Å²) in [6.45, 7) is 1.69. The number of sulfonamides is 1. The van der Waals surface area contributed by atoms with Gasteiger partial charge in [0.1, 0.15) is 15.9 Å². The van der Waals surface area contributed by atoms with Gasteiger partial charge in [-0.3, -0.25) is 14.3 Å². The van der Waals surface area contributed by atoms with Gasteiger partial charge in [-0.25, -0.2) is 13.3 Å². The Bertz CT molecular complexity index is 1550. The first-order valence-corrected chi connectivity index (χ1v) is 11.9. The van der Waals surface area contributed by atoms with Gasteiger partial charge in [0, 0.05) is 10.7 Å². The van der Waals surface area contributed by atoms with E-state index in [0.29, 0.717) is 27.3 Å². The third-order valence-electron chi connectivity index (χ3n) is 5.08. The number of fused-ring (bicyclic) bond motifs is 2. The van der Waals surface area contributed by atoms with E-state index < -0.39 is 21.8 Å². The number of nitrogens with one attached hydrogen (secondary N) is 1. The molecule has 160 valence electrons. The van der Waals surface area contributed by atoms with E-state index >= 15 is 0 Å². The lowest BCUT2D eigenvalue weighted by Gasteiger charge is -2.18.